The molecule has 0 aliphatic carbocycles. The molecule has 5 heteroatoms. The van der Waals surface area contributed by atoms with Gasteiger partial charge in [-0.3, -0.25) is 0 Å². The summed E-state index contributed by atoms with van der Waals surface area (Å²) in [6.45, 7) is 6.88. The summed E-state index contributed by atoms with van der Waals surface area (Å²) in [6, 6.07) is 7.75. The molecule has 108 valence electrons. The molecule has 5 nitrogen and oxygen atoms in total. The molecule has 20 heavy (non-hydrogen) atoms. The van der Waals surface area contributed by atoms with Crippen molar-refractivity contribution in [2.45, 2.75) is 33.8 Å². The van der Waals surface area contributed by atoms with Crippen molar-refractivity contribution in [2.75, 3.05) is 6.61 Å². The third-order valence-electron chi connectivity index (χ3n) is 2.99. The second-order valence-corrected chi connectivity index (χ2v) is 5.11. The number of nitrogens with zero attached hydrogens (tertiary/aromatic N) is 3. The van der Waals surface area contributed by atoms with E-state index < -0.39 is 0 Å². The van der Waals surface area contributed by atoms with E-state index in [4.69, 9.17) is 4.74 Å². The van der Waals surface area contributed by atoms with E-state index in [0.717, 1.165) is 23.6 Å². The van der Waals surface area contributed by atoms with Crippen LogP contribution in [-0.4, -0.2) is 26.7 Å². The fourth-order valence-corrected chi connectivity index (χ4v) is 1.96. The molecule has 0 bridgehead atoms. The van der Waals surface area contributed by atoms with Crippen LogP contribution in [0.2, 0.25) is 0 Å². The van der Waals surface area contributed by atoms with E-state index in [1.807, 2.05) is 31.2 Å². The van der Waals surface area contributed by atoms with Gasteiger partial charge >= 0.3 is 0 Å². The van der Waals surface area contributed by atoms with E-state index in [1.165, 1.54) is 0 Å². The lowest BCUT2D eigenvalue weighted by molar-refractivity contribution is 0.271. The Labute approximate surface area is 119 Å². The van der Waals surface area contributed by atoms with Gasteiger partial charge in [-0.05, 0) is 36.6 Å². The summed E-state index contributed by atoms with van der Waals surface area (Å²) >= 11 is 0. The molecule has 0 saturated carbocycles. The van der Waals surface area contributed by atoms with Crippen LogP contribution in [0.1, 0.15) is 32.2 Å². The fourth-order valence-electron chi connectivity index (χ4n) is 1.96. The molecule has 0 amide bonds. The quantitative estimate of drug-likeness (QED) is 0.879. The zero-order valence-electron chi connectivity index (χ0n) is 12.2. The van der Waals surface area contributed by atoms with Gasteiger partial charge in [0.15, 0.2) is 0 Å². The van der Waals surface area contributed by atoms with Gasteiger partial charge in [-0.25, -0.2) is 4.68 Å². The maximum atomic E-state index is 9.24. The first-order valence-electron chi connectivity index (χ1n) is 6.93. The normalized spacial score (nSPS) is 11.1. The van der Waals surface area contributed by atoms with Crippen molar-refractivity contribution in [3.05, 3.63) is 35.7 Å². The van der Waals surface area contributed by atoms with Crippen molar-refractivity contribution < 1.29 is 9.84 Å². The highest BCUT2D eigenvalue weighted by atomic mass is 16.5. The van der Waals surface area contributed by atoms with Gasteiger partial charge in [-0.2, -0.15) is 0 Å². The average Bonchev–Trinajstić information content (AvgIpc) is 2.88. The lowest BCUT2D eigenvalue weighted by Crippen LogP contribution is -2.05. The van der Waals surface area contributed by atoms with Crippen LogP contribution in [0.15, 0.2) is 24.3 Å². The number of aliphatic hydroxyl groups is 1. The Balaban J connectivity index is 2.19. The van der Waals surface area contributed by atoms with Gasteiger partial charge in [-0.15, -0.1) is 5.10 Å². The number of hydrogen-bond acceptors (Lipinski definition) is 4. The minimum Gasteiger partial charge on any atom is -0.493 e. The number of rotatable bonds is 6. The van der Waals surface area contributed by atoms with Crippen LogP contribution >= 0.6 is 0 Å². The molecule has 0 spiro atoms. The predicted octanol–water partition coefficient (Wildman–Crippen LogP) is 2.36. The largest absolute Gasteiger partial charge is 0.493 e. The van der Waals surface area contributed by atoms with Crippen molar-refractivity contribution >= 4 is 0 Å². The molecule has 1 N–H and O–H groups in total. The van der Waals surface area contributed by atoms with Crippen molar-refractivity contribution in [1.29, 1.82) is 0 Å². The highest BCUT2D eigenvalue weighted by Gasteiger charge is 2.11. The van der Waals surface area contributed by atoms with Crippen LogP contribution in [0, 0.1) is 5.92 Å². The molecule has 1 aromatic heterocycles. The first-order valence-corrected chi connectivity index (χ1v) is 6.93. The molecule has 1 heterocycles. The molecule has 2 aromatic rings. The number of aromatic nitrogens is 3. The Bertz CT molecular complexity index is 547. The molecule has 0 aliphatic heterocycles. The van der Waals surface area contributed by atoms with Crippen LogP contribution in [0.3, 0.4) is 0 Å². The van der Waals surface area contributed by atoms with Gasteiger partial charge in [-0.1, -0.05) is 26.0 Å². The third kappa shape index (κ3) is 3.17. The summed E-state index contributed by atoms with van der Waals surface area (Å²) in [5.74, 6) is 1.35. The molecule has 0 atom stereocenters. The van der Waals surface area contributed by atoms with Crippen LogP contribution in [0.5, 0.6) is 5.75 Å². The first kappa shape index (κ1) is 14.5. The molecular weight excluding hydrogens is 254 g/mol. The summed E-state index contributed by atoms with van der Waals surface area (Å²) in [5.41, 5.74) is 2.49. The lowest BCUT2D eigenvalue weighted by Gasteiger charge is -2.10. The molecule has 0 saturated heterocycles. The Hall–Kier alpha value is -1.88. The van der Waals surface area contributed by atoms with E-state index in [0.29, 0.717) is 18.2 Å². The van der Waals surface area contributed by atoms with Crippen molar-refractivity contribution in [3.63, 3.8) is 0 Å². The van der Waals surface area contributed by atoms with Crippen molar-refractivity contribution in [2.24, 2.45) is 5.92 Å². The standard InChI is InChI=1S/C15H21N3O2/c1-4-15-14(9-19)16-17-18(15)12-5-7-13(8-6-12)20-10-11(2)3/h5-8,11,19H,4,9-10H2,1-3H3. The lowest BCUT2D eigenvalue weighted by atomic mass is 10.2. The highest BCUT2D eigenvalue weighted by Crippen LogP contribution is 2.18. The fraction of sp³-hybridized carbons (Fsp3) is 0.467. The van der Waals surface area contributed by atoms with E-state index in [9.17, 15) is 5.11 Å². The van der Waals surface area contributed by atoms with Crippen LogP contribution in [0.4, 0.5) is 0 Å². The monoisotopic (exact) mass is 275 g/mol. The Kier molecular flexibility index (Phi) is 4.74. The summed E-state index contributed by atoms with van der Waals surface area (Å²) in [6.07, 6.45) is 0.772. The maximum absolute atomic E-state index is 9.24. The molecule has 0 fully saturated rings. The molecule has 0 unspecified atom stereocenters. The Morgan fingerprint density at radius 3 is 2.50 bits per heavy atom. The molecule has 0 aliphatic rings. The second kappa shape index (κ2) is 6.52. The zero-order valence-corrected chi connectivity index (χ0v) is 12.2. The minimum absolute atomic E-state index is 0.0846. The topological polar surface area (TPSA) is 60.2 Å². The molecule has 0 radical (unpaired) electrons. The first-order chi connectivity index (χ1) is 9.65. The third-order valence-corrected chi connectivity index (χ3v) is 2.99. The number of hydrogen-bond donors (Lipinski definition) is 1. The summed E-state index contributed by atoms with van der Waals surface area (Å²) in [7, 11) is 0. The second-order valence-electron chi connectivity index (χ2n) is 5.11. The number of ether oxygens (including phenoxy) is 1. The zero-order chi connectivity index (χ0) is 14.5. The van der Waals surface area contributed by atoms with Gasteiger partial charge < -0.3 is 9.84 Å². The van der Waals surface area contributed by atoms with Gasteiger partial charge in [0.25, 0.3) is 0 Å². The number of benzene rings is 1. The minimum atomic E-state index is -0.0846. The molecule has 1 aromatic carbocycles. The van der Waals surface area contributed by atoms with E-state index in [2.05, 4.69) is 24.2 Å². The van der Waals surface area contributed by atoms with E-state index in [-0.39, 0.29) is 6.61 Å². The SMILES string of the molecule is CCc1c(CO)nnn1-c1ccc(OCC(C)C)cc1. The van der Waals surface area contributed by atoms with Crippen LogP contribution in [-0.2, 0) is 13.0 Å². The van der Waals surface area contributed by atoms with E-state index >= 15 is 0 Å². The Morgan fingerprint density at radius 1 is 1.25 bits per heavy atom. The van der Waals surface area contributed by atoms with E-state index in [1.54, 1.807) is 4.68 Å². The van der Waals surface area contributed by atoms with Crippen LogP contribution in [0.25, 0.3) is 5.69 Å². The van der Waals surface area contributed by atoms with Crippen LogP contribution < -0.4 is 4.74 Å². The average molecular weight is 275 g/mol. The van der Waals surface area contributed by atoms with Gasteiger partial charge in [0.2, 0.25) is 0 Å². The maximum Gasteiger partial charge on any atom is 0.119 e. The highest BCUT2D eigenvalue weighted by molar-refractivity contribution is 5.38. The van der Waals surface area contributed by atoms with Crippen molar-refractivity contribution in [1.82, 2.24) is 15.0 Å². The smallest absolute Gasteiger partial charge is 0.119 e. The summed E-state index contributed by atoms with van der Waals surface area (Å²) in [5, 5.41) is 17.3. The summed E-state index contributed by atoms with van der Waals surface area (Å²) < 4.78 is 7.42. The predicted molar refractivity (Wildman–Crippen MR) is 77.0 cm³/mol. The molecule has 2 rings (SSSR count). The molecular formula is C15H21N3O2. The van der Waals surface area contributed by atoms with Gasteiger partial charge in [0, 0.05) is 0 Å². The number of aliphatic hydroxyl groups excluding tert-OH is 1. The van der Waals surface area contributed by atoms with Gasteiger partial charge in [0.05, 0.1) is 24.6 Å². The van der Waals surface area contributed by atoms with Crippen molar-refractivity contribution in [3.8, 4) is 11.4 Å². The summed E-state index contributed by atoms with van der Waals surface area (Å²) in [4.78, 5) is 0. The van der Waals surface area contributed by atoms with Gasteiger partial charge in [0.1, 0.15) is 11.4 Å². The Morgan fingerprint density at radius 2 is 1.95 bits per heavy atom.